The Morgan fingerprint density at radius 3 is 2.83 bits per heavy atom. The molecule has 0 amide bonds. The Kier molecular flexibility index (Phi) is 2.56. The number of carbonyl (C=O) groups excluding carboxylic acids is 1. The van der Waals surface area contributed by atoms with Crippen LogP contribution in [0, 0.1) is 0 Å². The van der Waals surface area contributed by atoms with E-state index in [1.807, 2.05) is 24.3 Å². The van der Waals surface area contributed by atoms with Gasteiger partial charge in [-0.2, -0.15) is 0 Å². The number of hydrogen-bond donors (Lipinski definition) is 0. The van der Waals surface area contributed by atoms with Gasteiger partial charge in [0.2, 0.25) is 5.91 Å². The summed E-state index contributed by atoms with van der Waals surface area (Å²) in [7, 11) is 0. The number of rotatable bonds is 1. The van der Waals surface area contributed by atoms with Gasteiger partial charge in [-0.25, -0.2) is 4.98 Å². The van der Waals surface area contributed by atoms with E-state index in [9.17, 15) is 4.79 Å². The number of aromatic nitrogens is 2. The van der Waals surface area contributed by atoms with E-state index >= 15 is 0 Å². The van der Waals surface area contributed by atoms with Crippen molar-refractivity contribution in [2.24, 2.45) is 0 Å². The smallest absolute Gasteiger partial charge is 0.227 e. The van der Waals surface area contributed by atoms with Crippen LogP contribution in [0.1, 0.15) is 11.7 Å². The van der Waals surface area contributed by atoms with Gasteiger partial charge in [0.25, 0.3) is 0 Å². The Bertz CT molecular complexity index is 742. The van der Waals surface area contributed by atoms with E-state index in [0.717, 1.165) is 16.5 Å². The molecule has 4 nitrogen and oxygen atoms in total. The van der Waals surface area contributed by atoms with Gasteiger partial charge in [-0.05, 0) is 22.0 Å². The van der Waals surface area contributed by atoms with Gasteiger partial charge in [-0.1, -0.05) is 18.2 Å². The predicted octanol–water partition coefficient (Wildman–Crippen LogP) is 3.72. The normalized spacial score (nSPS) is 11.0. The minimum absolute atomic E-state index is 0.0342. The van der Waals surface area contributed by atoms with Gasteiger partial charge < -0.3 is 4.42 Å². The first-order valence-corrected chi connectivity index (χ1v) is 6.18. The summed E-state index contributed by atoms with van der Waals surface area (Å²) < 4.78 is 7.61. The highest BCUT2D eigenvalue weighted by Gasteiger charge is 2.16. The van der Waals surface area contributed by atoms with Crippen molar-refractivity contribution in [1.29, 1.82) is 0 Å². The summed E-state index contributed by atoms with van der Waals surface area (Å²) in [6, 6.07) is 7.70. The number of halogens is 1. The number of benzene rings is 1. The number of oxazole rings is 1. The van der Waals surface area contributed by atoms with Crippen LogP contribution < -0.4 is 0 Å². The lowest BCUT2D eigenvalue weighted by Gasteiger charge is -1.96. The summed E-state index contributed by atoms with van der Waals surface area (Å²) in [6.07, 6.45) is 3.15. The van der Waals surface area contributed by atoms with Crippen molar-refractivity contribution >= 4 is 32.7 Å². The molecule has 0 N–H and O–H groups in total. The largest absolute Gasteiger partial charge is 0.442 e. The molecule has 0 atom stereocenters. The zero-order valence-corrected chi connectivity index (χ0v) is 11.1. The highest BCUT2D eigenvalue weighted by Crippen LogP contribution is 2.34. The van der Waals surface area contributed by atoms with Crippen LogP contribution in [0.3, 0.4) is 0 Å². The van der Waals surface area contributed by atoms with E-state index in [4.69, 9.17) is 4.42 Å². The molecule has 0 saturated carbocycles. The maximum Gasteiger partial charge on any atom is 0.227 e. The molecule has 0 saturated heterocycles. The lowest BCUT2D eigenvalue weighted by Crippen LogP contribution is -2.02. The van der Waals surface area contributed by atoms with Crippen LogP contribution in [0.15, 0.2) is 45.9 Å². The SMILES string of the molecule is CC(=O)n1cc(-c2ocnc2Br)c2ccccc21. The van der Waals surface area contributed by atoms with Crippen molar-refractivity contribution in [2.75, 3.05) is 0 Å². The first-order chi connectivity index (χ1) is 8.68. The van der Waals surface area contributed by atoms with Gasteiger partial charge in [-0.3, -0.25) is 9.36 Å². The molecule has 0 spiro atoms. The van der Waals surface area contributed by atoms with Gasteiger partial charge in [0.15, 0.2) is 16.8 Å². The summed E-state index contributed by atoms with van der Waals surface area (Å²) in [5.41, 5.74) is 1.72. The maximum atomic E-state index is 11.6. The average molecular weight is 305 g/mol. The Balaban J connectivity index is 2.37. The first-order valence-electron chi connectivity index (χ1n) is 5.39. The fraction of sp³-hybridized carbons (Fsp3) is 0.0769. The summed E-state index contributed by atoms with van der Waals surface area (Å²) >= 11 is 3.34. The van der Waals surface area contributed by atoms with Crippen molar-refractivity contribution in [1.82, 2.24) is 9.55 Å². The highest BCUT2D eigenvalue weighted by molar-refractivity contribution is 9.10. The summed E-state index contributed by atoms with van der Waals surface area (Å²) in [5.74, 6) is 0.597. The molecule has 2 heterocycles. The lowest BCUT2D eigenvalue weighted by atomic mass is 10.1. The molecule has 0 aliphatic heterocycles. The molecule has 2 aromatic heterocycles. The fourth-order valence-corrected chi connectivity index (χ4v) is 2.42. The van der Waals surface area contributed by atoms with Gasteiger partial charge >= 0.3 is 0 Å². The number of carbonyl (C=O) groups is 1. The van der Waals surface area contributed by atoms with Gasteiger partial charge in [0, 0.05) is 24.1 Å². The molecule has 1 aromatic carbocycles. The van der Waals surface area contributed by atoms with Crippen LogP contribution in [0.2, 0.25) is 0 Å². The third-order valence-corrected chi connectivity index (χ3v) is 3.38. The molecule has 0 aliphatic rings. The first kappa shape index (κ1) is 11.2. The standard InChI is InChI=1S/C13H9BrN2O2/c1-8(17)16-6-10(12-13(14)15-7-18-12)9-4-2-3-5-11(9)16/h2-7H,1H3. The van der Waals surface area contributed by atoms with E-state index in [1.165, 1.54) is 13.3 Å². The molecular weight excluding hydrogens is 296 g/mol. The van der Waals surface area contributed by atoms with Crippen LogP contribution in [0.5, 0.6) is 0 Å². The van der Waals surface area contributed by atoms with Crippen molar-refractivity contribution in [3.05, 3.63) is 41.5 Å². The molecule has 0 unspecified atom stereocenters. The Morgan fingerprint density at radius 1 is 1.39 bits per heavy atom. The Morgan fingerprint density at radius 2 is 2.17 bits per heavy atom. The van der Waals surface area contributed by atoms with Crippen molar-refractivity contribution in [3.8, 4) is 11.3 Å². The number of hydrogen-bond acceptors (Lipinski definition) is 3. The molecule has 18 heavy (non-hydrogen) atoms. The van der Waals surface area contributed by atoms with E-state index in [2.05, 4.69) is 20.9 Å². The molecule has 0 fully saturated rings. The number of fused-ring (bicyclic) bond motifs is 1. The number of para-hydroxylation sites is 1. The van der Waals surface area contributed by atoms with Crippen LogP contribution in [0.25, 0.3) is 22.2 Å². The number of nitrogens with zero attached hydrogens (tertiary/aromatic N) is 2. The van der Waals surface area contributed by atoms with Crippen LogP contribution >= 0.6 is 15.9 Å². The fourth-order valence-electron chi connectivity index (χ4n) is 2.03. The van der Waals surface area contributed by atoms with Crippen LogP contribution in [-0.4, -0.2) is 15.5 Å². The summed E-state index contributed by atoms with van der Waals surface area (Å²) in [5, 5.41) is 0.963. The van der Waals surface area contributed by atoms with E-state index in [0.29, 0.717) is 10.4 Å². The van der Waals surface area contributed by atoms with Crippen molar-refractivity contribution in [3.63, 3.8) is 0 Å². The van der Waals surface area contributed by atoms with Crippen LogP contribution in [-0.2, 0) is 0 Å². The predicted molar refractivity (Wildman–Crippen MR) is 71.4 cm³/mol. The molecule has 0 aliphatic carbocycles. The second-order valence-electron chi connectivity index (χ2n) is 3.92. The Hall–Kier alpha value is -1.88. The average Bonchev–Trinajstić information content (AvgIpc) is 2.92. The quantitative estimate of drug-likeness (QED) is 0.688. The molecule has 0 bridgehead atoms. The van der Waals surface area contributed by atoms with Crippen molar-refractivity contribution < 1.29 is 9.21 Å². The third-order valence-electron chi connectivity index (χ3n) is 2.82. The zero-order chi connectivity index (χ0) is 12.7. The van der Waals surface area contributed by atoms with Gasteiger partial charge in [-0.15, -0.1) is 0 Å². The van der Waals surface area contributed by atoms with Crippen LogP contribution in [0.4, 0.5) is 0 Å². The molecule has 0 radical (unpaired) electrons. The second kappa shape index (κ2) is 4.10. The molecule has 5 heteroatoms. The minimum atomic E-state index is -0.0342. The van der Waals surface area contributed by atoms with Gasteiger partial charge in [0.05, 0.1) is 5.52 Å². The topological polar surface area (TPSA) is 48.0 Å². The van der Waals surface area contributed by atoms with E-state index in [-0.39, 0.29) is 5.91 Å². The lowest BCUT2D eigenvalue weighted by molar-refractivity contribution is 0.0942. The van der Waals surface area contributed by atoms with E-state index in [1.54, 1.807) is 10.8 Å². The Labute approximate surface area is 111 Å². The third kappa shape index (κ3) is 1.59. The second-order valence-corrected chi connectivity index (χ2v) is 4.67. The zero-order valence-electron chi connectivity index (χ0n) is 9.55. The molecular formula is C13H9BrN2O2. The van der Waals surface area contributed by atoms with E-state index < -0.39 is 0 Å². The molecule has 3 aromatic rings. The van der Waals surface area contributed by atoms with Crippen molar-refractivity contribution in [2.45, 2.75) is 6.92 Å². The summed E-state index contributed by atoms with van der Waals surface area (Å²) in [6.45, 7) is 1.53. The minimum Gasteiger partial charge on any atom is -0.442 e. The monoisotopic (exact) mass is 304 g/mol. The molecule has 3 rings (SSSR count). The summed E-state index contributed by atoms with van der Waals surface area (Å²) in [4.78, 5) is 15.6. The van der Waals surface area contributed by atoms with Gasteiger partial charge in [0.1, 0.15) is 0 Å². The molecule has 90 valence electrons. The maximum absolute atomic E-state index is 11.6. The highest BCUT2D eigenvalue weighted by atomic mass is 79.9.